The number of non-ortho nitro benzene ring substituents is 1. The van der Waals surface area contributed by atoms with Crippen molar-refractivity contribution in [2.75, 3.05) is 18.5 Å². The third-order valence-electron chi connectivity index (χ3n) is 5.60. The van der Waals surface area contributed by atoms with Gasteiger partial charge in [-0.15, -0.1) is 0 Å². The first-order chi connectivity index (χ1) is 13.8. The summed E-state index contributed by atoms with van der Waals surface area (Å²) in [6.45, 7) is 4.23. The molecule has 0 bridgehead atoms. The minimum Gasteiger partial charge on any atom is -0.339 e. The summed E-state index contributed by atoms with van der Waals surface area (Å²) in [7, 11) is 1.68. The minimum atomic E-state index is -0.448. The van der Waals surface area contributed by atoms with E-state index in [0.29, 0.717) is 12.1 Å². The summed E-state index contributed by atoms with van der Waals surface area (Å²) >= 11 is 0. The molecule has 1 saturated heterocycles. The van der Waals surface area contributed by atoms with E-state index >= 15 is 0 Å². The third kappa shape index (κ3) is 4.29. The Bertz CT molecular complexity index is 943. The molecule has 0 aromatic heterocycles. The number of rotatable bonds is 6. The number of hydrogen-bond acceptors (Lipinski definition) is 4. The summed E-state index contributed by atoms with van der Waals surface area (Å²) in [4.78, 5) is 39.4. The number of nitro benzene ring substituents is 1. The number of carbonyl (C=O) groups excluding carboxylic acids is 2. The van der Waals surface area contributed by atoms with Crippen molar-refractivity contribution >= 4 is 23.2 Å². The van der Waals surface area contributed by atoms with Gasteiger partial charge in [-0.1, -0.05) is 31.2 Å². The molecule has 1 aliphatic heterocycles. The van der Waals surface area contributed by atoms with Gasteiger partial charge in [0.1, 0.15) is 0 Å². The number of hydrogen-bond donors (Lipinski definition) is 0. The van der Waals surface area contributed by atoms with Gasteiger partial charge in [-0.25, -0.2) is 0 Å². The number of nitrogens with zero attached hydrogens (tertiary/aromatic N) is 3. The molecule has 7 nitrogen and oxygen atoms in total. The van der Waals surface area contributed by atoms with Gasteiger partial charge in [-0.2, -0.15) is 0 Å². The van der Waals surface area contributed by atoms with Crippen LogP contribution in [0.1, 0.15) is 37.4 Å². The van der Waals surface area contributed by atoms with Crippen molar-refractivity contribution < 1.29 is 14.5 Å². The standard InChI is InChI=1S/C22H25N3O4/c1-4-16-7-5-9-19(11-16)24-14-18(13-21(24)26)22(27)23(3)15(2)17-8-6-10-20(12-17)25(28)29/h5-12,15,18H,4,13-14H2,1-3H3/t15-,18+/m1/s1. The first kappa shape index (κ1) is 20.5. The second-order valence-electron chi connectivity index (χ2n) is 7.41. The molecule has 0 aliphatic carbocycles. The van der Waals surface area contributed by atoms with E-state index in [0.717, 1.165) is 17.7 Å². The van der Waals surface area contributed by atoms with Crippen LogP contribution in [-0.4, -0.2) is 35.2 Å². The summed E-state index contributed by atoms with van der Waals surface area (Å²) in [5, 5.41) is 11.0. The maximum absolute atomic E-state index is 13.0. The molecule has 0 spiro atoms. The van der Waals surface area contributed by atoms with Crippen molar-refractivity contribution in [1.82, 2.24) is 4.90 Å². The van der Waals surface area contributed by atoms with Gasteiger partial charge in [0.15, 0.2) is 0 Å². The van der Waals surface area contributed by atoms with Gasteiger partial charge in [0.05, 0.1) is 16.9 Å². The maximum atomic E-state index is 13.0. The van der Waals surface area contributed by atoms with Crippen LogP contribution >= 0.6 is 0 Å². The number of amides is 2. The Morgan fingerprint density at radius 3 is 2.69 bits per heavy atom. The Hall–Kier alpha value is -3.22. The molecule has 0 radical (unpaired) electrons. The molecule has 7 heteroatoms. The zero-order valence-corrected chi connectivity index (χ0v) is 16.9. The highest BCUT2D eigenvalue weighted by atomic mass is 16.6. The second-order valence-corrected chi connectivity index (χ2v) is 7.41. The van der Waals surface area contributed by atoms with Crippen LogP contribution in [0, 0.1) is 16.0 Å². The Labute approximate surface area is 170 Å². The average molecular weight is 395 g/mol. The van der Waals surface area contributed by atoms with Gasteiger partial charge in [0.2, 0.25) is 11.8 Å². The topological polar surface area (TPSA) is 83.8 Å². The molecule has 0 saturated carbocycles. The molecular formula is C22H25N3O4. The fourth-order valence-electron chi connectivity index (χ4n) is 3.67. The van der Waals surface area contributed by atoms with Gasteiger partial charge in [-0.05, 0) is 36.6 Å². The van der Waals surface area contributed by atoms with Crippen molar-refractivity contribution in [3.8, 4) is 0 Å². The number of aryl methyl sites for hydroxylation is 1. The zero-order chi connectivity index (χ0) is 21.1. The van der Waals surface area contributed by atoms with E-state index in [1.165, 1.54) is 12.1 Å². The summed E-state index contributed by atoms with van der Waals surface area (Å²) < 4.78 is 0. The van der Waals surface area contributed by atoms with E-state index in [9.17, 15) is 19.7 Å². The maximum Gasteiger partial charge on any atom is 0.269 e. The predicted octanol–water partition coefficient (Wildman–Crippen LogP) is 3.73. The van der Waals surface area contributed by atoms with Crippen molar-refractivity contribution in [3.63, 3.8) is 0 Å². The summed E-state index contributed by atoms with van der Waals surface area (Å²) in [6, 6.07) is 13.8. The molecule has 0 unspecified atom stereocenters. The molecule has 1 heterocycles. The fraction of sp³-hybridized carbons (Fsp3) is 0.364. The van der Waals surface area contributed by atoms with Crippen LogP contribution in [0.25, 0.3) is 0 Å². The van der Waals surface area contributed by atoms with E-state index in [2.05, 4.69) is 6.92 Å². The van der Waals surface area contributed by atoms with E-state index in [1.54, 1.807) is 29.0 Å². The Morgan fingerprint density at radius 2 is 2.00 bits per heavy atom. The van der Waals surface area contributed by atoms with Gasteiger partial charge in [0, 0.05) is 37.8 Å². The average Bonchev–Trinajstić information content (AvgIpc) is 3.13. The van der Waals surface area contributed by atoms with Crippen molar-refractivity contribution in [2.24, 2.45) is 5.92 Å². The third-order valence-corrected chi connectivity index (χ3v) is 5.60. The highest BCUT2D eigenvalue weighted by Gasteiger charge is 2.37. The molecule has 29 heavy (non-hydrogen) atoms. The molecule has 1 fully saturated rings. The van der Waals surface area contributed by atoms with Crippen LogP contribution in [0.2, 0.25) is 0 Å². The first-order valence-corrected chi connectivity index (χ1v) is 9.72. The van der Waals surface area contributed by atoms with Crippen molar-refractivity contribution in [2.45, 2.75) is 32.7 Å². The lowest BCUT2D eigenvalue weighted by atomic mass is 10.0. The van der Waals surface area contributed by atoms with Crippen molar-refractivity contribution in [1.29, 1.82) is 0 Å². The van der Waals surface area contributed by atoms with Crippen molar-refractivity contribution in [3.05, 3.63) is 69.8 Å². The summed E-state index contributed by atoms with van der Waals surface area (Å²) in [6.07, 6.45) is 1.04. The van der Waals surface area contributed by atoms with Crippen LogP contribution in [0.15, 0.2) is 48.5 Å². The largest absolute Gasteiger partial charge is 0.339 e. The number of benzene rings is 2. The van der Waals surface area contributed by atoms with Crippen LogP contribution in [0.3, 0.4) is 0 Å². The molecule has 1 aliphatic rings. The lowest BCUT2D eigenvalue weighted by Crippen LogP contribution is -2.36. The monoisotopic (exact) mass is 395 g/mol. The molecule has 2 aromatic rings. The normalized spacial score (nSPS) is 17.3. The Morgan fingerprint density at radius 1 is 1.28 bits per heavy atom. The van der Waals surface area contributed by atoms with Gasteiger partial charge in [-0.3, -0.25) is 19.7 Å². The number of anilines is 1. The van der Waals surface area contributed by atoms with Crippen LogP contribution in [-0.2, 0) is 16.0 Å². The van der Waals surface area contributed by atoms with Crippen LogP contribution in [0.5, 0.6) is 0 Å². The van der Waals surface area contributed by atoms with Gasteiger partial charge < -0.3 is 9.80 Å². The zero-order valence-electron chi connectivity index (χ0n) is 16.9. The van der Waals surface area contributed by atoms with E-state index < -0.39 is 10.8 Å². The lowest BCUT2D eigenvalue weighted by molar-refractivity contribution is -0.384. The Kier molecular flexibility index (Phi) is 5.96. The molecule has 152 valence electrons. The lowest BCUT2D eigenvalue weighted by Gasteiger charge is -2.28. The molecule has 2 aromatic carbocycles. The van der Waals surface area contributed by atoms with Gasteiger partial charge in [0.25, 0.3) is 5.69 Å². The van der Waals surface area contributed by atoms with E-state index in [1.807, 2.05) is 31.2 Å². The number of carbonyl (C=O) groups is 2. The summed E-state index contributed by atoms with van der Waals surface area (Å²) in [5.41, 5.74) is 2.64. The molecule has 2 amide bonds. The molecule has 3 rings (SSSR count). The van der Waals surface area contributed by atoms with Gasteiger partial charge >= 0.3 is 0 Å². The summed E-state index contributed by atoms with van der Waals surface area (Å²) in [5.74, 6) is -0.626. The smallest absolute Gasteiger partial charge is 0.269 e. The van der Waals surface area contributed by atoms with E-state index in [4.69, 9.17) is 0 Å². The highest BCUT2D eigenvalue weighted by Crippen LogP contribution is 2.30. The second kappa shape index (κ2) is 8.43. The highest BCUT2D eigenvalue weighted by molar-refractivity contribution is 6.00. The van der Waals surface area contributed by atoms with Crippen LogP contribution in [0.4, 0.5) is 11.4 Å². The predicted molar refractivity (Wildman–Crippen MR) is 111 cm³/mol. The fourth-order valence-corrected chi connectivity index (χ4v) is 3.67. The first-order valence-electron chi connectivity index (χ1n) is 9.72. The SMILES string of the molecule is CCc1cccc(N2C[C@@H](C(=O)N(C)[C@H](C)c3cccc([N+](=O)[O-])c3)CC2=O)c1. The number of nitro groups is 1. The molecule has 0 N–H and O–H groups in total. The van der Waals surface area contributed by atoms with E-state index in [-0.39, 0.29) is 30.0 Å². The Balaban J connectivity index is 1.73. The quantitative estimate of drug-likeness (QED) is 0.551. The molecular weight excluding hydrogens is 370 g/mol. The molecule has 2 atom stereocenters. The minimum absolute atomic E-state index is 0.00627. The van der Waals surface area contributed by atoms with Crippen LogP contribution < -0.4 is 4.90 Å².